The second kappa shape index (κ2) is 6.59. The fourth-order valence-electron chi connectivity index (χ4n) is 3.80. The molecule has 1 aromatic heterocycles. The maximum Gasteiger partial charge on any atom is 0.271 e. The van der Waals surface area contributed by atoms with E-state index >= 15 is 0 Å². The van der Waals surface area contributed by atoms with Gasteiger partial charge in [0.25, 0.3) is 5.56 Å². The van der Waals surface area contributed by atoms with Crippen molar-refractivity contribution in [2.24, 2.45) is 4.99 Å². The number of nitrogens with zero attached hydrogens (tertiary/aromatic N) is 2. The summed E-state index contributed by atoms with van der Waals surface area (Å²) in [6.07, 6.45) is 1.70. The number of hydrogen-bond donors (Lipinski definition) is 1. The molecule has 0 spiro atoms. The van der Waals surface area contributed by atoms with Crippen LogP contribution in [0.5, 0.6) is 0 Å². The van der Waals surface area contributed by atoms with E-state index in [0.29, 0.717) is 17.2 Å². The maximum absolute atomic E-state index is 12.9. The first-order chi connectivity index (χ1) is 12.4. The van der Waals surface area contributed by atoms with Gasteiger partial charge in [0.15, 0.2) is 5.82 Å². The van der Waals surface area contributed by atoms with Crippen molar-refractivity contribution in [1.29, 1.82) is 0 Å². The summed E-state index contributed by atoms with van der Waals surface area (Å²) in [5.41, 5.74) is 1.35. The monoisotopic (exact) mass is 391 g/mol. The van der Waals surface area contributed by atoms with Crippen LogP contribution >= 0.6 is 23.4 Å². The van der Waals surface area contributed by atoms with Crippen molar-refractivity contribution in [3.05, 3.63) is 50.8 Å². The van der Waals surface area contributed by atoms with Gasteiger partial charge >= 0.3 is 0 Å². The lowest BCUT2D eigenvalue weighted by Gasteiger charge is -2.36. The van der Waals surface area contributed by atoms with Crippen LogP contribution in [0.3, 0.4) is 0 Å². The van der Waals surface area contributed by atoms with Gasteiger partial charge in [0.2, 0.25) is 0 Å². The fraction of sp³-hybridized carbons (Fsp3) is 0.474. The molecule has 2 aliphatic heterocycles. The number of aliphatic imine (C=N–C) groups is 1. The third kappa shape index (κ3) is 3.15. The Kier molecular flexibility index (Phi) is 4.53. The van der Waals surface area contributed by atoms with E-state index in [4.69, 9.17) is 21.3 Å². The minimum absolute atomic E-state index is 0.0852. The van der Waals surface area contributed by atoms with Crippen LogP contribution in [-0.2, 0) is 4.74 Å². The number of aromatic amines is 1. The standard InChI is InChI=1S/C19H22ClN3O2S/c1-11-21-17-15(16(26-11)13-6-4-5-7-14(13)20)18(24)22-23(17)12-8-9-25-19(2,3)10-12/h4-7,12,16H,8-10H2,1-3H3,(H,22,24)/t12-,16-/m1/s1. The van der Waals surface area contributed by atoms with Gasteiger partial charge in [0.1, 0.15) is 0 Å². The second-order valence-electron chi connectivity index (χ2n) is 7.45. The van der Waals surface area contributed by atoms with E-state index in [1.54, 1.807) is 11.8 Å². The Morgan fingerprint density at radius 1 is 1.38 bits per heavy atom. The summed E-state index contributed by atoms with van der Waals surface area (Å²) in [5.74, 6) is 0.735. The molecule has 0 amide bonds. The van der Waals surface area contributed by atoms with Gasteiger partial charge in [-0.25, -0.2) is 4.99 Å². The lowest BCUT2D eigenvalue weighted by molar-refractivity contribution is -0.0705. The predicted molar refractivity (Wildman–Crippen MR) is 107 cm³/mol. The Morgan fingerprint density at radius 2 is 2.15 bits per heavy atom. The summed E-state index contributed by atoms with van der Waals surface area (Å²) >= 11 is 8.01. The Bertz CT molecular complexity index is 931. The van der Waals surface area contributed by atoms with Crippen LogP contribution in [0, 0.1) is 0 Å². The van der Waals surface area contributed by atoms with Crippen LogP contribution in [0.1, 0.15) is 56.0 Å². The van der Waals surface area contributed by atoms with Crippen LogP contribution in [0.15, 0.2) is 34.1 Å². The highest BCUT2D eigenvalue weighted by atomic mass is 35.5. The third-order valence-corrected chi connectivity index (χ3v) is 6.48. The first-order valence-corrected chi connectivity index (χ1v) is 10.1. The molecular weight excluding hydrogens is 370 g/mol. The molecule has 0 radical (unpaired) electrons. The molecule has 1 aromatic carbocycles. The Labute approximate surface area is 161 Å². The van der Waals surface area contributed by atoms with E-state index in [-0.39, 0.29) is 22.5 Å². The first kappa shape index (κ1) is 17.9. The molecule has 26 heavy (non-hydrogen) atoms. The van der Waals surface area contributed by atoms with Crippen molar-refractivity contribution in [3.8, 4) is 0 Å². The van der Waals surface area contributed by atoms with Gasteiger partial charge in [-0.15, -0.1) is 0 Å². The minimum Gasteiger partial charge on any atom is -0.375 e. The van der Waals surface area contributed by atoms with Crippen LogP contribution in [0.4, 0.5) is 5.82 Å². The number of thioether (sulfide) groups is 1. The van der Waals surface area contributed by atoms with Crippen LogP contribution < -0.4 is 5.56 Å². The zero-order chi connectivity index (χ0) is 18.5. The SMILES string of the molecule is CC1=Nc2c(c(=O)[nH]n2[C@@H]2CCOC(C)(C)C2)[C@@H](c2ccccc2Cl)S1. The van der Waals surface area contributed by atoms with Gasteiger partial charge in [-0.2, -0.15) is 0 Å². The molecule has 4 rings (SSSR count). The molecule has 0 aliphatic carbocycles. The molecule has 1 N–H and O–H groups in total. The topological polar surface area (TPSA) is 59.4 Å². The summed E-state index contributed by atoms with van der Waals surface area (Å²) in [6.45, 7) is 6.83. The van der Waals surface area contributed by atoms with Gasteiger partial charge in [-0.05, 0) is 45.2 Å². The van der Waals surface area contributed by atoms with Crippen molar-refractivity contribution in [1.82, 2.24) is 9.78 Å². The smallest absolute Gasteiger partial charge is 0.271 e. The molecule has 0 bridgehead atoms. The normalized spacial score (nSPS) is 24.8. The minimum atomic E-state index is -0.207. The molecule has 2 atom stereocenters. The highest BCUT2D eigenvalue weighted by Gasteiger charge is 2.36. The predicted octanol–water partition coefficient (Wildman–Crippen LogP) is 4.85. The average molecular weight is 392 g/mol. The van der Waals surface area contributed by atoms with Gasteiger partial charge in [-0.1, -0.05) is 41.6 Å². The number of fused-ring (bicyclic) bond motifs is 1. The number of H-pyrrole nitrogens is 1. The number of rotatable bonds is 2. The van der Waals surface area contributed by atoms with Crippen LogP contribution in [0.2, 0.25) is 5.02 Å². The van der Waals surface area contributed by atoms with Gasteiger partial charge < -0.3 is 4.74 Å². The highest BCUT2D eigenvalue weighted by molar-refractivity contribution is 8.14. The number of benzene rings is 1. The van der Waals surface area contributed by atoms with Crippen molar-refractivity contribution in [3.63, 3.8) is 0 Å². The molecule has 5 nitrogen and oxygen atoms in total. The molecule has 1 fully saturated rings. The van der Waals surface area contributed by atoms with E-state index in [2.05, 4.69) is 18.9 Å². The largest absolute Gasteiger partial charge is 0.375 e. The maximum atomic E-state index is 12.9. The van der Waals surface area contributed by atoms with Crippen molar-refractivity contribution in [2.45, 2.75) is 50.5 Å². The first-order valence-electron chi connectivity index (χ1n) is 8.80. The number of nitrogens with one attached hydrogen (secondary N) is 1. The van der Waals surface area contributed by atoms with E-state index in [9.17, 15) is 4.79 Å². The molecule has 1 saturated heterocycles. The lowest BCUT2D eigenvalue weighted by Crippen LogP contribution is -2.35. The summed E-state index contributed by atoms with van der Waals surface area (Å²) in [6, 6.07) is 7.87. The average Bonchev–Trinajstić information content (AvgIpc) is 2.90. The van der Waals surface area contributed by atoms with Gasteiger partial charge in [-0.3, -0.25) is 14.6 Å². The Balaban J connectivity index is 1.82. The number of aromatic nitrogens is 2. The van der Waals surface area contributed by atoms with E-state index in [1.807, 2.05) is 35.9 Å². The summed E-state index contributed by atoms with van der Waals surface area (Å²) in [7, 11) is 0. The summed E-state index contributed by atoms with van der Waals surface area (Å²) in [4.78, 5) is 17.6. The van der Waals surface area contributed by atoms with E-state index < -0.39 is 0 Å². The Morgan fingerprint density at radius 3 is 2.88 bits per heavy atom. The highest BCUT2D eigenvalue weighted by Crippen LogP contribution is 2.46. The quantitative estimate of drug-likeness (QED) is 0.796. The molecule has 138 valence electrons. The molecule has 7 heteroatoms. The number of halogens is 1. The van der Waals surface area contributed by atoms with E-state index in [1.165, 1.54) is 0 Å². The second-order valence-corrected chi connectivity index (χ2v) is 9.16. The molecule has 2 aliphatic rings. The molecular formula is C19H22ClN3O2S. The molecule has 2 aromatic rings. The summed E-state index contributed by atoms with van der Waals surface area (Å²) < 4.78 is 7.79. The van der Waals surface area contributed by atoms with Crippen molar-refractivity contribution < 1.29 is 4.74 Å². The van der Waals surface area contributed by atoms with Crippen molar-refractivity contribution >= 4 is 34.2 Å². The van der Waals surface area contributed by atoms with Crippen LogP contribution in [0.25, 0.3) is 0 Å². The van der Waals surface area contributed by atoms with Crippen molar-refractivity contribution in [2.75, 3.05) is 6.61 Å². The zero-order valence-electron chi connectivity index (χ0n) is 15.1. The number of ether oxygens (including phenoxy) is 1. The molecule has 3 heterocycles. The fourth-order valence-corrected chi connectivity index (χ4v) is 5.25. The zero-order valence-corrected chi connectivity index (χ0v) is 16.7. The molecule has 0 unspecified atom stereocenters. The Hall–Kier alpha value is -1.50. The van der Waals surface area contributed by atoms with Crippen LogP contribution in [-0.4, -0.2) is 27.0 Å². The summed E-state index contributed by atoms with van der Waals surface area (Å²) in [5, 5.41) is 4.50. The lowest BCUT2D eigenvalue weighted by atomic mass is 9.94. The third-order valence-electron chi connectivity index (χ3n) is 4.97. The van der Waals surface area contributed by atoms with Gasteiger partial charge in [0.05, 0.1) is 27.5 Å². The molecule has 0 saturated carbocycles. The number of hydrogen-bond acceptors (Lipinski definition) is 4. The van der Waals surface area contributed by atoms with E-state index in [0.717, 1.165) is 29.3 Å². The van der Waals surface area contributed by atoms with Gasteiger partial charge in [0, 0.05) is 11.6 Å².